The van der Waals surface area contributed by atoms with E-state index in [0.717, 1.165) is 11.3 Å². The Kier molecular flexibility index (Phi) is 5.40. The summed E-state index contributed by atoms with van der Waals surface area (Å²) in [6.45, 7) is 2.11. The quantitative estimate of drug-likeness (QED) is 0.714. The molecule has 0 fully saturated rings. The average molecular weight is 356 g/mol. The van der Waals surface area contributed by atoms with E-state index in [9.17, 15) is 9.18 Å². The molecule has 0 aliphatic carbocycles. The third-order valence-electron chi connectivity index (χ3n) is 3.54. The SMILES string of the molecule is Cc1ccccc1NC(=O)Cc1nc(COc2ccccc2F)cs1. The lowest BCUT2D eigenvalue weighted by Gasteiger charge is -2.07. The first kappa shape index (κ1) is 17.1. The molecule has 0 aliphatic heterocycles. The minimum Gasteiger partial charge on any atom is -0.484 e. The Morgan fingerprint density at radius 1 is 1.20 bits per heavy atom. The summed E-state index contributed by atoms with van der Waals surface area (Å²) in [5.41, 5.74) is 2.48. The van der Waals surface area contributed by atoms with E-state index in [1.165, 1.54) is 17.4 Å². The third-order valence-corrected chi connectivity index (χ3v) is 4.44. The number of thiazole rings is 1. The summed E-state index contributed by atoms with van der Waals surface area (Å²) in [7, 11) is 0. The Hall–Kier alpha value is -2.73. The monoisotopic (exact) mass is 356 g/mol. The number of para-hydroxylation sites is 2. The van der Waals surface area contributed by atoms with Crippen LogP contribution in [0.25, 0.3) is 0 Å². The van der Waals surface area contributed by atoms with Gasteiger partial charge in [-0.2, -0.15) is 0 Å². The normalized spacial score (nSPS) is 10.5. The van der Waals surface area contributed by atoms with Gasteiger partial charge in [-0.25, -0.2) is 9.37 Å². The lowest BCUT2D eigenvalue weighted by molar-refractivity contribution is -0.115. The van der Waals surface area contributed by atoms with Crippen LogP contribution in [0.3, 0.4) is 0 Å². The maximum atomic E-state index is 13.5. The molecule has 128 valence electrons. The topological polar surface area (TPSA) is 51.2 Å². The summed E-state index contributed by atoms with van der Waals surface area (Å²) in [6.07, 6.45) is 0.193. The van der Waals surface area contributed by atoms with Gasteiger partial charge in [0.05, 0.1) is 12.1 Å². The van der Waals surface area contributed by atoms with E-state index in [4.69, 9.17) is 4.74 Å². The number of aryl methyl sites for hydroxylation is 1. The zero-order valence-corrected chi connectivity index (χ0v) is 14.5. The highest BCUT2D eigenvalue weighted by Crippen LogP contribution is 2.19. The van der Waals surface area contributed by atoms with Crippen molar-refractivity contribution in [2.45, 2.75) is 20.0 Å². The predicted molar refractivity (Wildman–Crippen MR) is 96.4 cm³/mol. The molecule has 0 unspecified atom stereocenters. The third kappa shape index (κ3) is 4.64. The molecule has 25 heavy (non-hydrogen) atoms. The second kappa shape index (κ2) is 7.90. The highest BCUT2D eigenvalue weighted by atomic mass is 32.1. The molecule has 0 saturated heterocycles. The van der Waals surface area contributed by atoms with Crippen LogP contribution < -0.4 is 10.1 Å². The molecule has 1 amide bonds. The van der Waals surface area contributed by atoms with Gasteiger partial charge in [-0.3, -0.25) is 4.79 Å². The number of halogens is 1. The van der Waals surface area contributed by atoms with Gasteiger partial charge in [0.15, 0.2) is 11.6 Å². The van der Waals surface area contributed by atoms with Crippen molar-refractivity contribution in [2.24, 2.45) is 0 Å². The van der Waals surface area contributed by atoms with Crippen molar-refractivity contribution in [1.82, 2.24) is 4.98 Å². The van der Waals surface area contributed by atoms with Crippen molar-refractivity contribution in [1.29, 1.82) is 0 Å². The lowest BCUT2D eigenvalue weighted by Crippen LogP contribution is -2.15. The maximum Gasteiger partial charge on any atom is 0.231 e. The van der Waals surface area contributed by atoms with Crippen LogP contribution in [0.1, 0.15) is 16.3 Å². The van der Waals surface area contributed by atoms with Gasteiger partial charge in [-0.05, 0) is 30.7 Å². The molecule has 1 heterocycles. The lowest BCUT2D eigenvalue weighted by atomic mass is 10.2. The van der Waals surface area contributed by atoms with Crippen LogP contribution >= 0.6 is 11.3 Å². The van der Waals surface area contributed by atoms with E-state index < -0.39 is 5.82 Å². The number of nitrogens with zero attached hydrogens (tertiary/aromatic N) is 1. The fourth-order valence-electron chi connectivity index (χ4n) is 2.25. The Balaban J connectivity index is 1.55. The molecule has 4 nitrogen and oxygen atoms in total. The molecule has 3 rings (SSSR count). The van der Waals surface area contributed by atoms with Gasteiger partial charge < -0.3 is 10.1 Å². The number of hydrogen-bond donors (Lipinski definition) is 1. The number of amides is 1. The minimum atomic E-state index is -0.407. The molecule has 0 atom stereocenters. The average Bonchev–Trinajstić information content (AvgIpc) is 3.03. The van der Waals surface area contributed by atoms with E-state index in [1.807, 2.05) is 36.6 Å². The van der Waals surface area contributed by atoms with Crippen LogP contribution in [-0.2, 0) is 17.8 Å². The molecule has 0 aliphatic rings. The summed E-state index contributed by atoms with van der Waals surface area (Å²) < 4.78 is 18.9. The van der Waals surface area contributed by atoms with Crippen molar-refractivity contribution in [2.75, 3.05) is 5.32 Å². The molecule has 0 spiro atoms. The summed E-state index contributed by atoms with van der Waals surface area (Å²) in [4.78, 5) is 16.5. The number of rotatable bonds is 6. The molecule has 1 N–H and O–H groups in total. The van der Waals surface area contributed by atoms with Crippen LogP contribution in [0.15, 0.2) is 53.9 Å². The number of benzene rings is 2. The first-order valence-corrected chi connectivity index (χ1v) is 8.66. The van der Waals surface area contributed by atoms with E-state index in [0.29, 0.717) is 10.7 Å². The Morgan fingerprint density at radius 2 is 1.96 bits per heavy atom. The second-order valence-corrected chi connectivity index (χ2v) is 6.43. The predicted octanol–water partition coefficient (Wildman–Crippen LogP) is 4.35. The number of aromatic nitrogens is 1. The van der Waals surface area contributed by atoms with Gasteiger partial charge in [-0.15, -0.1) is 11.3 Å². The molecule has 3 aromatic rings. The van der Waals surface area contributed by atoms with Gasteiger partial charge >= 0.3 is 0 Å². The van der Waals surface area contributed by atoms with E-state index in [-0.39, 0.29) is 24.7 Å². The molecular weight excluding hydrogens is 339 g/mol. The zero-order chi connectivity index (χ0) is 17.6. The molecule has 1 aromatic heterocycles. The zero-order valence-electron chi connectivity index (χ0n) is 13.7. The van der Waals surface area contributed by atoms with E-state index >= 15 is 0 Å². The summed E-state index contributed by atoms with van der Waals surface area (Å²) in [5, 5.41) is 5.39. The summed E-state index contributed by atoms with van der Waals surface area (Å²) >= 11 is 1.39. The van der Waals surface area contributed by atoms with Gasteiger partial charge in [0, 0.05) is 11.1 Å². The largest absolute Gasteiger partial charge is 0.484 e. The van der Waals surface area contributed by atoms with Crippen molar-refractivity contribution in [3.63, 3.8) is 0 Å². The van der Waals surface area contributed by atoms with Crippen molar-refractivity contribution >= 4 is 22.9 Å². The van der Waals surface area contributed by atoms with Crippen LogP contribution in [0, 0.1) is 12.7 Å². The van der Waals surface area contributed by atoms with E-state index in [2.05, 4.69) is 10.3 Å². The van der Waals surface area contributed by atoms with E-state index in [1.54, 1.807) is 18.2 Å². The van der Waals surface area contributed by atoms with Crippen LogP contribution in [0.2, 0.25) is 0 Å². The Morgan fingerprint density at radius 3 is 2.76 bits per heavy atom. The first-order valence-electron chi connectivity index (χ1n) is 7.78. The minimum absolute atomic E-state index is 0.120. The molecule has 6 heteroatoms. The molecule has 0 saturated carbocycles. The molecule has 0 radical (unpaired) electrons. The van der Waals surface area contributed by atoms with Crippen molar-refractivity contribution in [3.05, 3.63) is 76.0 Å². The Labute approximate surface area is 149 Å². The van der Waals surface area contributed by atoms with Gasteiger partial charge in [-0.1, -0.05) is 30.3 Å². The van der Waals surface area contributed by atoms with Gasteiger partial charge in [0.2, 0.25) is 5.91 Å². The number of hydrogen-bond acceptors (Lipinski definition) is 4. The second-order valence-electron chi connectivity index (χ2n) is 5.49. The fourth-order valence-corrected chi connectivity index (χ4v) is 3.03. The molecular formula is C19H17FN2O2S. The number of ether oxygens (including phenoxy) is 1. The van der Waals surface area contributed by atoms with Crippen LogP contribution in [-0.4, -0.2) is 10.9 Å². The maximum absolute atomic E-state index is 13.5. The van der Waals surface area contributed by atoms with Crippen molar-refractivity contribution in [3.8, 4) is 5.75 Å². The van der Waals surface area contributed by atoms with Crippen LogP contribution in [0.4, 0.5) is 10.1 Å². The standard InChI is InChI=1S/C19H17FN2O2S/c1-13-6-2-4-8-16(13)22-18(23)10-19-21-14(12-25-19)11-24-17-9-5-3-7-15(17)20/h2-9,12H,10-11H2,1H3,(H,22,23). The first-order chi connectivity index (χ1) is 12.1. The number of carbonyl (C=O) groups excluding carboxylic acids is 1. The van der Waals surface area contributed by atoms with Crippen molar-refractivity contribution < 1.29 is 13.9 Å². The highest BCUT2D eigenvalue weighted by molar-refractivity contribution is 7.09. The number of nitrogens with one attached hydrogen (secondary N) is 1. The van der Waals surface area contributed by atoms with Gasteiger partial charge in [0.25, 0.3) is 0 Å². The van der Waals surface area contributed by atoms with Crippen LogP contribution in [0.5, 0.6) is 5.75 Å². The molecule has 0 bridgehead atoms. The summed E-state index contributed by atoms with van der Waals surface area (Å²) in [6, 6.07) is 13.8. The van der Waals surface area contributed by atoms with Gasteiger partial charge in [0.1, 0.15) is 11.6 Å². The number of carbonyl (C=O) groups is 1. The highest BCUT2D eigenvalue weighted by Gasteiger charge is 2.10. The summed E-state index contributed by atoms with van der Waals surface area (Å²) in [5.74, 6) is -0.338. The Bertz CT molecular complexity index is 879. The molecule has 2 aromatic carbocycles. The smallest absolute Gasteiger partial charge is 0.231 e. The fraction of sp³-hybridized carbons (Fsp3) is 0.158. The number of anilines is 1.